The number of non-ortho nitro benzene ring substituents is 1. The van der Waals surface area contributed by atoms with Gasteiger partial charge in [0.15, 0.2) is 0 Å². The number of carbonyl (C=O) groups is 4. The van der Waals surface area contributed by atoms with Gasteiger partial charge in [0, 0.05) is 35.8 Å². The van der Waals surface area contributed by atoms with Crippen molar-refractivity contribution in [2.45, 2.75) is 6.04 Å². The van der Waals surface area contributed by atoms with Gasteiger partial charge in [0.1, 0.15) is 6.04 Å². The van der Waals surface area contributed by atoms with E-state index in [1.54, 1.807) is 0 Å². The van der Waals surface area contributed by atoms with E-state index in [2.05, 4.69) is 15.6 Å². The molecule has 0 spiro atoms. The zero-order valence-electron chi connectivity index (χ0n) is 12.5. The number of imide groups is 1. The number of carbonyl (C=O) groups excluding carboxylic acids is 4. The van der Waals surface area contributed by atoms with Gasteiger partial charge >= 0.3 is 6.03 Å². The van der Waals surface area contributed by atoms with Gasteiger partial charge in [-0.15, -0.1) is 0 Å². The minimum absolute atomic E-state index is 0.0588. The molecule has 1 unspecified atom stereocenters. The second-order valence-corrected chi connectivity index (χ2v) is 5.24. The molecule has 11 nitrogen and oxygen atoms in total. The van der Waals surface area contributed by atoms with E-state index in [0.717, 1.165) is 0 Å². The maximum atomic E-state index is 12.3. The van der Waals surface area contributed by atoms with Gasteiger partial charge in [-0.3, -0.25) is 29.8 Å². The lowest BCUT2D eigenvalue weighted by atomic mass is 10.1. The number of benzene rings is 1. The lowest BCUT2D eigenvalue weighted by Gasteiger charge is -2.22. The first kappa shape index (κ1) is 16.1. The van der Waals surface area contributed by atoms with Crippen LogP contribution >= 0.6 is 0 Å². The van der Waals surface area contributed by atoms with Gasteiger partial charge in [0.25, 0.3) is 23.3 Å². The summed E-state index contributed by atoms with van der Waals surface area (Å²) >= 11 is 0. The summed E-state index contributed by atoms with van der Waals surface area (Å²) in [6, 6.07) is 2.09. The molecule has 1 aliphatic rings. The van der Waals surface area contributed by atoms with Gasteiger partial charge < -0.3 is 15.6 Å². The molecule has 1 saturated heterocycles. The van der Waals surface area contributed by atoms with Crippen LogP contribution in [0.4, 0.5) is 10.5 Å². The minimum Gasteiger partial charge on any atom is -0.360 e. The maximum absolute atomic E-state index is 12.3. The summed E-state index contributed by atoms with van der Waals surface area (Å²) in [5.41, 5.74) is 0.164. The van der Waals surface area contributed by atoms with Crippen LogP contribution in [0.2, 0.25) is 0 Å². The number of Topliss-reactive ketones (excluding diaryl/α,β-unsaturated/α-hetero) is 1. The number of amides is 4. The lowest BCUT2D eigenvalue weighted by Crippen LogP contribution is -2.61. The van der Waals surface area contributed by atoms with Crippen LogP contribution in [0.5, 0.6) is 0 Å². The van der Waals surface area contributed by atoms with E-state index in [-0.39, 0.29) is 23.2 Å². The molecule has 1 aromatic carbocycles. The smallest absolute Gasteiger partial charge is 0.321 e. The Hall–Kier alpha value is -3.76. The fourth-order valence-corrected chi connectivity index (χ4v) is 2.40. The van der Waals surface area contributed by atoms with E-state index >= 15 is 0 Å². The van der Waals surface area contributed by atoms with Crippen molar-refractivity contribution in [1.29, 1.82) is 0 Å². The number of aromatic nitrogens is 1. The first-order valence-corrected chi connectivity index (χ1v) is 7.06. The van der Waals surface area contributed by atoms with Gasteiger partial charge in [-0.25, -0.2) is 4.79 Å². The molecule has 128 valence electrons. The van der Waals surface area contributed by atoms with E-state index in [9.17, 15) is 29.3 Å². The summed E-state index contributed by atoms with van der Waals surface area (Å²) in [6.07, 6.45) is 1.26. The molecule has 3 rings (SSSR count). The molecule has 1 fully saturated rings. The number of ketones is 1. The van der Waals surface area contributed by atoms with Crippen molar-refractivity contribution in [3.63, 3.8) is 0 Å². The second kappa shape index (κ2) is 6.03. The first-order valence-electron chi connectivity index (χ1n) is 7.06. The van der Waals surface area contributed by atoms with E-state index < -0.39 is 34.6 Å². The van der Waals surface area contributed by atoms with Crippen LogP contribution < -0.4 is 16.0 Å². The number of nitrogens with zero attached hydrogens (tertiary/aromatic N) is 1. The highest BCUT2D eigenvalue weighted by Gasteiger charge is 2.30. The van der Waals surface area contributed by atoms with Crippen molar-refractivity contribution in [2.24, 2.45) is 0 Å². The third kappa shape index (κ3) is 3.02. The quantitative estimate of drug-likeness (QED) is 0.254. The normalized spacial score (nSPS) is 16.9. The predicted molar refractivity (Wildman–Crippen MR) is 82.8 cm³/mol. The molecular weight excluding hydrogens is 334 g/mol. The predicted octanol–water partition coefficient (Wildman–Crippen LogP) is -0.417. The fraction of sp³-hybridized carbons (Fsp3) is 0.143. The topological polar surface area (TPSA) is 163 Å². The van der Waals surface area contributed by atoms with E-state index in [0.29, 0.717) is 5.52 Å². The van der Waals surface area contributed by atoms with Crippen LogP contribution in [-0.2, 0) is 9.59 Å². The van der Waals surface area contributed by atoms with Crippen LogP contribution in [0.25, 0.3) is 10.9 Å². The Labute approximate surface area is 138 Å². The molecule has 1 aromatic heterocycles. The molecule has 2 aromatic rings. The van der Waals surface area contributed by atoms with Gasteiger partial charge in [0.2, 0.25) is 0 Å². The number of aromatic amines is 1. The Balaban J connectivity index is 1.83. The first-order chi connectivity index (χ1) is 11.9. The number of nitro groups is 1. The number of H-pyrrole nitrogens is 1. The van der Waals surface area contributed by atoms with Crippen molar-refractivity contribution in [3.8, 4) is 0 Å². The number of urea groups is 1. The standard InChI is InChI=1S/C14H11N5O6/c20-11(13(22)17-10-5-16-14(23)18-12(10)21)8-4-15-9-2-1-6(19(24)25)3-7(8)9/h1-4,10,15H,5H2,(H,17,22)(H2,16,18,21,23). The van der Waals surface area contributed by atoms with E-state index in [1.165, 1.54) is 24.4 Å². The highest BCUT2D eigenvalue weighted by Crippen LogP contribution is 2.24. The molecule has 25 heavy (non-hydrogen) atoms. The number of nitro benzene ring substituents is 1. The van der Waals surface area contributed by atoms with Crippen LogP contribution in [0.1, 0.15) is 10.4 Å². The number of fused-ring (bicyclic) bond motifs is 1. The summed E-state index contributed by atoms with van der Waals surface area (Å²) in [6.45, 7) is -0.150. The van der Waals surface area contributed by atoms with Crippen molar-refractivity contribution >= 4 is 40.2 Å². The van der Waals surface area contributed by atoms with Crippen molar-refractivity contribution in [3.05, 3.63) is 40.1 Å². The molecule has 0 radical (unpaired) electrons. The zero-order valence-corrected chi connectivity index (χ0v) is 12.5. The third-order valence-electron chi connectivity index (χ3n) is 3.65. The van der Waals surface area contributed by atoms with Gasteiger partial charge in [-0.1, -0.05) is 0 Å². The summed E-state index contributed by atoms with van der Waals surface area (Å²) in [5.74, 6) is -2.76. The van der Waals surface area contributed by atoms with E-state index in [1.807, 2.05) is 5.32 Å². The van der Waals surface area contributed by atoms with E-state index in [4.69, 9.17) is 0 Å². The molecule has 0 saturated carbocycles. The van der Waals surface area contributed by atoms with Gasteiger partial charge in [0.05, 0.1) is 10.5 Å². The summed E-state index contributed by atoms with van der Waals surface area (Å²) in [4.78, 5) is 60.0. The van der Waals surface area contributed by atoms with Gasteiger partial charge in [-0.2, -0.15) is 0 Å². The Bertz CT molecular complexity index is 933. The highest BCUT2D eigenvalue weighted by atomic mass is 16.6. The highest BCUT2D eigenvalue weighted by molar-refractivity contribution is 6.45. The van der Waals surface area contributed by atoms with Crippen molar-refractivity contribution in [1.82, 2.24) is 20.9 Å². The molecule has 11 heteroatoms. The average molecular weight is 345 g/mol. The SMILES string of the molecule is O=C1NCC(NC(=O)C(=O)c2c[nH]c3ccc([N+](=O)[O-])cc23)C(=O)N1. The van der Waals surface area contributed by atoms with Crippen LogP contribution in [0.15, 0.2) is 24.4 Å². The monoisotopic (exact) mass is 345 g/mol. The molecule has 1 atom stereocenters. The number of hydrogen-bond donors (Lipinski definition) is 4. The minimum atomic E-state index is -1.09. The van der Waals surface area contributed by atoms with Gasteiger partial charge in [-0.05, 0) is 6.07 Å². The summed E-state index contributed by atoms with van der Waals surface area (Å²) < 4.78 is 0. The average Bonchev–Trinajstić information content (AvgIpc) is 2.99. The number of nitrogens with one attached hydrogen (secondary N) is 4. The zero-order chi connectivity index (χ0) is 18.1. The lowest BCUT2D eigenvalue weighted by molar-refractivity contribution is -0.384. The summed E-state index contributed by atoms with van der Waals surface area (Å²) in [5, 5.41) is 17.6. The molecule has 4 N–H and O–H groups in total. The number of rotatable bonds is 4. The Morgan fingerprint density at radius 3 is 2.72 bits per heavy atom. The molecule has 1 aliphatic heterocycles. The molecular formula is C14H11N5O6. The molecule has 0 aliphatic carbocycles. The third-order valence-corrected chi connectivity index (χ3v) is 3.65. The van der Waals surface area contributed by atoms with Crippen LogP contribution in [0.3, 0.4) is 0 Å². The van der Waals surface area contributed by atoms with Crippen molar-refractivity contribution in [2.75, 3.05) is 6.54 Å². The molecule has 4 amide bonds. The largest absolute Gasteiger partial charge is 0.360 e. The second-order valence-electron chi connectivity index (χ2n) is 5.24. The van der Waals surface area contributed by atoms with Crippen LogP contribution in [-0.4, -0.2) is 46.1 Å². The molecule has 0 bridgehead atoms. The van der Waals surface area contributed by atoms with Crippen molar-refractivity contribution < 1.29 is 24.1 Å². The Morgan fingerprint density at radius 1 is 1.28 bits per heavy atom. The molecule has 2 heterocycles. The fourth-order valence-electron chi connectivity index (χ4n) is 2.40. The maximum Gasteiger partial charge on any atom is 0.321 e. The Kier molecular flexibility index (Phi) is 3.89. The number of hydrogen-bond acceptors (Lipinski definition) is 6. The van der Waals surface area contributed by atoms with Crippen LogP contribution in [0, 0.1) is 10.1 Å². The Morgan fingerprint density at radius 2 is 2.04 bits per heavy atom. The summed E-state index contributed by atoms with van der Waals surface area (Å²) in [7, 11) is 0.